The number of hydrogen-bond acceptors (Lipinski definition) is 3. The molecule has 0 radical (unpaired) electrons. The number of hydrogen-bond donors (Lipinski definition) is 2. The Morgan fingerprint density at radius 1 is 1.40 bits per heavy atom. The van der Waals surface area contributed by atoms with Crippen LogP contribution < -0.4 is 4.74 Å². The second kappa shape index (κ2) is 5.60. The van der Waals surface area contributed by atoms with E-state index in [4.69, 9.17) is 4.74 Å². The summed E-state index contributed by atoms with van der Waals surface area (Å²) in [4.78, 5) is 11.8. The Kier molecular flexibility index (Phi) is 4.22. The summed E-state index contributed by atoms with van der Waals surface area (Å²) in [6.07, 6.45) is 3.16. The van der Waals surface area contributed by atoms with Gasteiger partial charge in [-0.05, 0) is 28.8 Å². The van der Waals surface area contributed by atoms with Crippen molar-refractivity contribution in [3.8, 4) is 11.5 Å². The minimum absolute atomic E-state index is 0.0000926. The number of carboxylic acids is 1. The Balaban J connectivity index is 2.70. The number of carboxylic acid groups (broad SMARTS) is 1. The van der Waals surface area contributed by atoms with Gasteiger partial charge in [0.15, 0.2) is 11.5 Å². The van der Waals surface area contributed by atoms with E-state index in [1.54, 1.807) is 0 Å². The molecular formula is C14H16BrFO4. The maximum atomic E-state index is 14.0. The number of rotatable bonds is 3. The molecule has 0 unspecified atom stereocenters. The van der Waals surface area contributed by atoms with Gasteiger partial charge in [-0.1, -0.05) is 19.3 Å². The molecular weight excluding hydrogens is 331 g/mol. The van der Waals surface area contributed by atoms with Crippen molar-refractivity contribution in [3.63, 3.8) is 0 Å². The van der Waals surface area contributed by atoms with Crippen LogP contribution in [0.5, 0.6) is 11.5 Å². The molecule has 0 amide bonds. The third-order valence-electron chi connectivity index (χ3n) is 3.97. The first-order valence-corrected chi connectivity index (χ1v) is 7.22. The maximum absolute atomic E-state index is 14.0. The molecule has 0 aromatic heterocycles. The van der Waals surface area contributed by atoms with E-state index in [-0.39, 0.29) is 21.5 Å². The quantitative estimate of drug-likeness (QED) is 0.877. The van der Waals surface area contributed by atoms with Crippen molar-refractivity contribution in [3.05, 3.63) is 21.9 Å². The standard InChI is InChI=1S/C14H16BrFO4/c1-20-9-7-8(16)11(15)10(12(9)17)14(13(18)19)5-3-2-4-6-14/h7,17H,2-6H2,1H3,(H,18,19). The van der Waals surface area contributed by atoms with Crippen LogP contribution in [0.25, 0.3) is 0 Å². The number of methoxy groups -OCH3 is 1. The lowest BCUT2D eigenvalue weighted by atomic mass is 9.69. The van der Waals surface area contributed by atoms with Crippen molar-refractivity contribution < 1.29 is 24.1 Å². The fraction of sp³-hybridized carbons (Fsp3) is 0.500. The molecule has 6 heteroatoms. The second-order valence-electron chi connectivity index (χ2n) is 5.05. The zero-order valence-corrected chi connectivity index (χ0v) is 12.7. The molecule has 1 aromatic rings. The molecule has 0 atom stereocenters. The highest BCUT2D eigenvalue weighted by molar-refractivity contribution is 9.10. The van der Waals surface area contributed by atoms with Crippen LogP contribution in [0.4, 0.5) is 4.39 Å². The van der Waals surface area contributed by atoms with Gasteiger partial charge in [0.2, 0.25) is 0 Å². The molecule has 0 bridgehead atoms. The molecule has 1 aliphatic rings. The number of phenolic OH excluding ortho intramolecular Hbond substituents is 1. The van der Waals surface area contributed by atoms with Crippen molar-refractivity contribution in [2.45, 2.75) is 37.5 Å². The summed E-state index contributed by atoms with van der Waals surface area (Å²) in [6.45, 7) is 0. The van der Waals surface area contributed by atoms with Gasteiger partial charge in [0.25, 0.3) is 0 Å². The van der Waals surface area contributed by atoms with E-state index in [9.17, 15) is 19.4 Å². The molecule has 1 fully saturated rings. The van der Waals surface area contributed by atoms with Crippen LogP contribution >= 0.6 is 15.9 Å². The van der Waals surface area contributed by atoms with Gasteiger partial charge in [-0.15, -0.1) is 0 Å². The van der Waals surface area contributed by atoms with Crippen LogP contribution in [0.1, 0.15) is 37.7 Å². The molecule has 1 aromatic carbocycles. The summed E-state index contributed by atoms with van der Waals surface area (Å²) in [5.74, 6) is -2.03. The molecule has 4 nitrogen and oxygen atoms in total. The highest BCUT2D eigenvalue weighted by atomic mass is 79.9. The highest BCUT2D eigenvalue weighted by Crippen LogP contribution is 2.50. The highest BCUT2D eigenvalue weighted by Gasteiger charge is 2.45. The predicted octanol–water partition coefficient (Wildman–Crippen LogP) is 3.59. The van der Waals surface area contributed by atoms with E-state index in [0.717, 1.165) is 25.3 Å². The van der Waals surface area contributed by atoms with Crippen LogP contribution in [0.15, 0.2) is 10.5 Å². The molecule has 0 aliphatic heterocycles. The first-order valence-electron chi connectivity index (χ1n) is 6.43. The molecule has 2 rings (SSSR count). The fourth-order valence-corrected chi connectivity index (χ4v) is 3.59. The largest absolute Gasteiger partial charge is 0.504 e. The van der Waals surface area contributed by atoms with Gasteiger partial charge in [0, 0.05) is 11.6 Å². The van der Waals surface area contributed by atoms with Gasteiger partial charge in [-0.25, -0.2) is 4.39 Å². The lowest BCUT2D eigenvalue weighted by Crippen LogP contribution is -2.38. The summed E-state index contributed by atoms with van der Waals surface area (Å²) < 4.78 is 18.9. The van der Waals surface area contributed by atoms with Gasteiger partial charge in [-0.3, -0.25) is 4.79 Å². The third-order valence-corrected chi connectivity index (χ3v) is 4.75. The smallest absolute Gasteiger partial charge is 0.314 e. The second-order valence-corrected chi connectivity index (χ2v) is 5.84. The van der Waals surface area contributed by atoms with E-state index >= 15 is 0 Å². The predicted molar refractivity (Wildman–Crippen MR) is 74.7 cm³/mol. The molecule has 1 aliphatic carbocycles. The van der Waals surface area contributed by atoms with Gasteiger partial charge in [-0.2, -0.15) is 0 Å². The van der Waals surface area contributed by atoms with Crippen LogP contribution in [-0.4, -0.2) is 23.3 Å². The van der Waals surface area contributed by atoms with E-state index in [1.165, 1.54) is 7.11 Å². The van der Waals surface area contributed by atoms with E-state index in [1.807, 2.05) is 0 Å². The first kappa shape index (κ1) is 15.1. The van der Waals surface area contributed by atoms with Crippen LogP contribution in [0, 0.1) is 5.82 Å². The number of ether oxygens (including phenoxy) is 1. The Morgan fingerprint density at radius 3 is 2.50 bits per heavy atom. The molecule has 0 heterocycles. The van der Waals surface area contributed by atoms with Gasteiger partial charge in [0.05, 0.1) is 17.0 Å². The Labute approximate surface area is 124 Å². The van der Waals surface area contributed by atoms with Crippen molar-refractivity contribution in [1.82, 2.24) is 0 Å². The molecule has 0 saturated heterocycles. The van der Waals surface area contributed by atoms with E-state index in [2.05, 4.69) is 15.9 Å². The topological polar surface area (TPSA) is 66.8 Å². The minimum Gasteiger partial charge on any atom is -0.504 e. The molecule has 110 valence electrons. The third kappa shape index (κ3) is 2.26. The Hall–Kier alpha value is -1.30. The summed E-state index contributed by atoms with van der Waals surface area (Å²) in [5, 5.41) is 19.9. The number of benzene rings is 1. The molecule has 20 heavy (non-hydrogen) atoms. The van der Waals surface area contributed by atoms with Crippen LogP contribution in [-0.2, 0) is 10.2 Å². The van der Waals surface area contributed by atoms with Crippen molar-refractivity contribution in [1.29, 1.82) is 0 Å². The number of halogens is 2. The van der Waals surface area contributed by atoms with Crippen LogP contribution in [0.2, 0.25) is 0 Å². The average molecular weight is 347 g/mol. The minimum atomic E-state index is -1.27. The monoisotopic (exact) mass is 346 g/mol. The average Bonchev–Trinajstić information content (AvgIpc) is 2.44. The SMILES string of the molecule is COc1cc(F)c(Br)c(C2(C(=O)O)CCCCC2)c1O. The number of carbonyl (C=O) groups is 1. The zero-order chi connectivity index (χ0) is 14.9. The van der Waals surface area contributed by atoms with Crippen molar-refractivity contribution in [2.24, 2.45) is 0 Å². The number of phenols is 1. The van der Waals surface area contributed by atoms with Crippen molar-refractivity contribution in [2.75, 3.05) is 7.11 Å². The maximum Gasteiger partial charge on any atom is 0.314 e. The van der Waals surface area contributed by atoms with Crippen LogP contribution in [0.3, 0.4) is 0 Å². The van der Waals surface area contributed by atoms with Crippen molar-refractivity contribution >= 4 is 21.9 Å². The van der Waals surface area contributed by atoms with Gasteiger partial charge in [0.1, 0.15) is 5.82 Å². The lowest BCUT2D eigenvalue weighted by molar-refractivity contribution is -0.145. The van der Waals surface area contributed by atoms with Gasteiger partial charge >= 0.3 is 5.97 Å². The number of aromatic hydroxyl groups is 1. The summed E-state index contributed by atoms with van der Waals surface area (Å²) in [5.41, 5.74) is -1.18. The Morgan fingerprint density at radius 2 is 2.00 bits per heavy atom. The van der Waals surface area contributed by atoms with E-state index < -0.39 is 17.2 Å². The van der Waals surface area contributed by atoms with E-state index in [0.29, 0.717) is 12.8 Å². The summed E-state index contributed by atoms with van der Waals surface area (Å²) in [7, 11) is 1.31. The first-order chi connectivity index (χ1) is 9.44. The molecule has 2 N–H and O–H groups in total. The zero-order valence-electron chi connectivity index (χ0n) is 11.1. The molecule has 1 saturated carbocycles. The van der Waals surface area contributed by atoms with Gasteiger partial charge < -0.3 is 14.9 Å². The fourth-order valence-electron chi connectivity index (χ4n) is 2.91. The lowest BCUT2D eigenvalue weighted by Gasteiger charge is -2.35. The number of aliphatic carboxylic acids is 1. The summed E-state index contributed by atoms with van der Waals surface area (Å²) in [6, 6.07) is 1.04. The Bertz CT molecular complexity index is 538. The molecule has 0 spiro atoms. The normalized spacial score (nSPS) is 17.8. The summed E-state index contributed by atoms with van der Waals surface area (Å²) >= 11 is 3.08.